The van der Waals surface area contributed by atoms with E-state index in [-0.39, 0.29) is 5.96 Å². The molecule has 1 aliphatic heterocycles. The maximum atomic E-state index is 12.0. The summed E-state index contributed by atoms with van der Waals surface area (Å²) in [6, 6.07) is -1.29. The number of nitrogens with zero attached hydrogens (tertiary/aromatic N) is 1. The molecule has 12 heteroatoms. The smallest absolute Gasteiger partial charge is 0.333 e. The van der Waals surface area contributed by atoms with Crippen molar-refractivity contribution in [2.75, 3.05) is 7.05 Å². The second-order valence-corrected chi connectivity index (χ2v) is 4.71. The zero-order valence-electron chi connectivity index (χ0n) is 13.0. The summed E-state index contributed by atoms with van der Waals surface area (Å²) < 4.78 is 0. The summed E-state index contributed by atoms with van der Waals surface area (Å²) in [5.74, 6) is -6.72. The van der Waals surface area contributed by atoms with Gasteiger partial charge in [0.1, 0.15) is 12.0 Å². The van der Waals surface area contributed by atoms with Gasteiger partial charge in [-0.1, -0.05) is 0 Å². The Morgan fingerprint density at radius 2 is 1.67 bits per heavy atom. The van der Waals surface area contributed by atoms with Crippen LogP contribution in [0.2, 0.25) is 0 Å². The minimum absolute atomic E-state index is 0.302. The van der Waals surface area contributed by atoms with Crippen LogP contribution in [-0.4, -0.2) is 53.7 Å². The highest BCUT2D eigenvalue weighted by atomic mass is 17.2. The third-order valence-electron chi connectivity index (χ3n) is 2.84. The molecule has 132 valence electrons. The maximum Gasteiger partial charge on any atom is 0.361 e. The molecule has 0 spiro atoms. The Labute approximate surface area is 135 Å². The second kappa shape index (κ2) is 7.89. The standard InChI is InChI=1S/C12H15N3O9/c1-5(16)21-23-8(18)4-7(11(20)24-22-6(2)17)9-10(19)14-12(13)15(9)3/h7,9H,4H2,1-3H3,(H2,13,14,19). The fourth-order valence-electron chi connectivity index (χ4n) is 1.85. The van der Waals surface area contributed by atoms with E-state index in [1.54, 1.807) is 0 Å². The summed E-state index contributed by atoms with van der Waals surface area (Å²) >= 11 is 0. The molecule has 0 aliphatic carbocycles. The average molecular weight is 345 g/mol. The molecule has 1 fully saturated rings. The predicted octanol–water partition coefficient (Wildman–Crippen LogP) is -1.60. The molecular formula is C12H15N3O9. The van der Waals surface area contributed by atoms with Gasteiger partial charge in [-0.05, 0) is 0 Å². The highest BCUT2D eigenvalue weighted by molar-refractivity contribution is 6.07. The van der Waals surface area contributed by atoms with Gasteiger partial charge in [0.05, 0.1) is 6.42 Å². The van der Waals surface area contributed by atoms with Crippen LogP contribution in [0.4, 0.5) is 0 Å². The first-order valence-corrected chi connectivity index (χ1v) is 6.52. The van der Waals surface area contributed by atoms with Gasteiger partial charge in [0, 0.05) is 20.9 Å². The molecule has 0 radical (unpaired) electrons. The number of rotatable bonds is 4. The third-order valence-corrected chi connectivity index (χ3v) is 2.84. The van der Waals surface area contributed by atoms with E-state index in [4.69, 9.17) is 5.41 Å². The van der Waals surface area contributed by atoms with Crippen LogP contribution in [0.15, 0.2) is 0 Å². The molecule has 2 N–H and O–H groups in total. The number of hydrogen-bond acceptors (Lipinski definition) is 10. The van der Waals surface area contributed by atoms with Gasteiger partial charge in [-0.3, -0.25) is 15.5 Å². The van der Waals surface area contributed by atoms with Crippen molar-refractivity contribution in [1.29, 1.82) is 5.41 Å². The van der Waals surface area contributed by atoms with Crippen molar-refractivity contribution in [3.8, 4) is 0 Å². The fraction of sp³-hybridized carbons (Fsp3) is 0.500. The first-order valence-electron chi connectivity index (χ1n) is 6.52. The Morgan fingerprint density at radius 3 is 2.12 bits per heavy atom. The van der Waals surface area contributed by atoms with Crippen LogP contribution in [0.5, 0.6) is 0 Å². The largest absolute Gasteiger partial charge is 0.361 e. The molecule has 1 heterocycles. The van der Waals surface area contributed by atoms with Gasteiger partial charge < -0.3 is 4.90 Å². The Balaban J connectivity index is 2.90. The van der Waals surface area contributed by atoms with E-state index < -0.39 is 48.2 Å². The third kappa shape index (κ3) is 4.93. The van der Waals surface area contributed by atoms with E-state index >= 15 is 0 Å². The topological polar surface area (TPSA) is 161 Å². The van der Waals surface area contributed by atoms with Crippen LogP contribution >= 0.6 is 0 Å². The van der Waals surface area contributed by atoms with Crippen molar-refractivity contribution in [3.63, 3.8) is 0 Å². The first-order chi connectivity index (χ1) is 11.1. The number of amides is 1. The molecule has 1 rings (SSSR count). The Hall–Kier alpha value is -3.18. The zero-order valence-corrected chi connectivity index (χ0v) is 13.0. The minimum atomic E-state index is -1.49. The monoisotopic (exact) mass is 345 g/mol. The Kier molecular flexibility index (Phi) is 6.21. The van der Waals surface area contributed by atoms with Crippen LogP contribution in [0.1, 0.15) is 20.3 Å². The molecule has 0 aromatic heterocycles. The Morgan fingerprint density at radius 1 is 1.12 bits per heavy atom. The number of carbonyl (C=O) groups is 5. The number of carbonyl (C=O) groups excluding carboxylic acids is 5. The molecule has 2 unspecified atom stereocenters. The number of nitrogens with one attached hydrogen (secondary N) is 2. The van der Waals surface area contributed by atoms with Crippen LogP contribution in [0.3, 0.4) is 0 Å². The van der Waals surface area contributed by atoms with Gasteiger partial charge >= 0.3 is 23.9 Å². The predicted molar refractivity (Wildman–Crippen MR) is 71.2 cm³/mol. The molecule has 0 aromatic carbocycles. The van der Waals surface area contributed by atoms with Crippen molar-refractivity contribution < 1.29 is 43.5 Å². The van der Waals surface area contributed by atoms with E-state index in [2.05, 4.69) is 24.9 Å². The lowest BCUT2D eigenvalue weighted by Crippen LogP contribution is -2.44. The quantitative estimate of drug-likeness (QED) is 0.448. The molecule has 1 saturated heterocycles. The maximum absolute atomic E-state index is 12.0. The van der Waals surface area contributed by atoms with Crippen molar-refractivity contribution in [2.24, 2.45) is 5.92 Å². The molecule has 1 amide bonds. The van der Waals surface area contributed by atoms with Gasteiger partial charge in [0.2, 0.25) is 5.91 Å². The highest BCUT2D eigenvalue weighted by Crippen LogP contribution is 2.21. The van der Waals surface area contributed by atoms with Crippen molar-refractivity contribution in [2.45, 2.75) is 26.3 Å². The number of guanidine groups is 1. The van der Waals surface area contributed by atoms with Gasteiger partial charge in [-0.15, -0.1) is 0 Å². The van der Waals surface area contributed by atoms with E-state index in [9.17, 15) is 24.0 Å². The van der Waals surface area contributed by atoms with Crippen molar-refractivity contribution in [1.82, 2.24) is 10.2 Å². The molecule has 0 aromatic rings. The summed E-state index contributed by atoms with van der Waals surface area (Å²) in [4.78, 5) is 74.5. The normalized spacial score (nSPS) is 17.6. The van der Waals surface area contributed by atoms with Crippen LogP contribution in [0.25, 0.3) is 0 Å². The molecule has 1 aliphatic rings. The molecule has 12 nitrogen and oxygen atoms in total. The Bertz CT molecular complexity index is 588. The SMILES string of the molecule is CC(=O)OOC(=O)CC(C(=O)OOC(C)=O)C1C(=O)NC(=N)N1C. The summed E-state index contributed by atoms with van der Waals surface area (Å²) in [5, 5.41) is 9.67. The zero-order chi connectivity index (χ0) is 18.4. The van der Waals surface area contributed by atoms with Crippen LogP contribution in [-0.2, 0) is 43.5 Å². The molecule has 0 bridgehead atoms. The summed E-state index contributed by atoms with van der Waals surface area (Å²) in [5.41, 5.74) is 0. The van der Waals surface area contributed by atoms with E-state index in [1.165, 1.54) is 7.05 Å². The van der Waals surface area contributed by atoms with Crippen molar-refractivity contribution in [3.05, 3.63) is 0 Å². The van der Waals surface area contributed by atoms with E-state index in [0.717, 1.165) is 18.7 Å². The molecule has 0 saturated carbocycles. The highest BCUT2D eigenvalue weighted by Gasteiger charge is 2.46. The second-order valence-electron chi connectivity index (χ2n) is 4.71. The van der Waals surface area contributed by atoms with Gasteiger partial charge in [-0.2, -0.15) is 0 Å². The van der Waals surface area contributed by atoms with E-state index in [1.807, 2.05) is 0 Å². The molecule has 24 heavy (non-hydrogen) atoms. The van der Waals surface area contributed by atoms with Crippen molar-refractivity contribution >= 4 is 35.7 Å². The van der Waals surface area contributed by atoms with Gasteiger partial charge in [0.15, 0.2) is 5.96 Å². The lowest BCUT2D eigenvalue weighted by molar-refractivity contribution is -0.265. The number of likely N-dealkylation sites (N-methyl/N-ethyl adjacent to an activating group) is 1. The summed E-state index contributed by atoms with van der Waals surface area (Å²) in [7, 11) is 1.33. The summed E-state index contributed by atoms with van der Waals surface area (Å²) in [6.07, 6.45) is -0.733. The van der Waals surface area contributed by atoms with E-state index in [0.29, 0.717) is 0 Å². The van der Waals surface area contributed by atoms with Crippen LogP contribution < -0.4 is 5.32 Å². The lowest BCUT2D eigenvalue weighted by Gasteiger charge is -2.23. The fourth-order valence-corrected chi connectivity index (χ4v) is 1.85. The lowest BCUT2D eigenvalue weighted by atomic mass is 9.95. The van der Waals surface area contributed by atoms with Gasteiger partial charge in [0.25, 0.3) is 0 Å². The first kappa shape index (κ1) is 18.9. The molecule has 2 atom stereocenters. The summed E-state index contributed by atoms with van der Waals surface area (Å²) in [6.45, 7) is 1.96. The number of hydrogen-bond donors (Lipinski definition) is 2. The van der Waals surface area contributed by atoms with Gasteiger partial charge in [-0.25, -0.2) is 38.7 Å². The average Bonchev–Trinajstić information content (AvgIpc) is 2.73. The molecular weight excluding hydrogens is 330 g/mol. The minimum Gasteiger partial charge on any atom is -0.333 e. The van der Waals surface area contributed by atoms with Crippen LogP contribution in [0, 0.1) is 11.3 Å².